The van der Waals surface area contributed by atoms with Crippen molar-refractivity contribution in [3.05, 3.63) is 53.8 Å². The molecule has 0 saturated heterocycles. The van der Waals surface area contributed by atoms with E-state index in [1.807, 2.05) is 6.07 Å². The van der Waals surface area contributed by atoms with Crippen molar-refractivity contribution in [2.24, 2.45) is 0 Å². The normalized spacial score (nSPS) is 9.65. The third-order valence-electron chi connectivity index (χ3n) is 2.22. The van der Waals surface area contributed by atoms with Crippen molar-refractivity contribution in [2.75, 3.05) is 5.73 Å². The first-order valence-electron chi connectivity index (χ1n) is 4.92. The average Bonchev–Trinajstić information content (AvgIpc) is 2.36. The first-order valence-corrected chi connectivity index (χ1v) is 4.92. The van der Waals surface area contributed by atoms with Crippen LogP contribution in [0.15, 0.2) is 42.5 Å². The molecule has 0 aliphatic carbocycles. The summed E-state index contributed by atoms with van der Waals surface area (Å²) in [6, 6.07) is 12.8. The lowest BCUT2D eigenvalue weighted by atomic mass is 10.2. The summed E-state index contributed by atoms with van der Waals surface area (Å²) in [6.45, 7) is 0. The maximum atomic E-state index is 13.2. The topological polar surface area (TPSA) is 59.0 Å². The van der Waals surface area contributed by atoms with E-state index >= 15 is 0 Å². The molecule has 0 atom stereocenters. The molecule has 0 amide bonds. The van der Waals surface area contributed by atoms with Gasteiger partial charge in [0.05, 0.1) is 11.6 Å². The summed E-state index contributed by atoms with van der Waals surface area (Å²) in [4.78, 5) is 0. The quantitative estimate of drug-likeness (QED) is 0.803. The predicted octanol–water partition coefficient (Wildman–Crippen LogP) is 3.07. The van der Waals surface area contributed by atoms with E-state index in [4.69, 9.17) is 15.7 Å². The highest BCUT2D eigenvalue weighted by molar-refractivity contribution is 5.54. The molecule has 2 aromatic rings. The Morgan fingerprint density at radius 1 is 1.12 bits per heavy atom. The number of anilines is 1. The van der Waals surface area contributed by atoms with Crippen molar-refractivity contribution < 1.29 is 9.13 Å². The van der Waals surface area contributed by atoms with Crippen molar-refractivity contribution >= 4 is 5.69 Å². The lowest BCUT2D eigenvalue weighted by Crippen LogP contribution is -1.95. The number of nitriles is 1. The molecule has 17 heavy (non-hydrogen) atoms. The van der Waals surface area contributed by atoms with Crippen LogP contribution in [0.4, 0.5) is 10.1 Å². The molecule has 0 radical (unpaired) electrons. The zero-order chi connectivity index (χ0) is 12.3. The van der Waals surface area contributed by atoms with Gasteiger partial charge in [-0.25, -0.2) is 4.39 Å². The predicted molar refractivity (Wildman–Crippen MR) is 62.0 cm³/mol. The molecule has 0 bridgehead atoms. The first kappa shape index (κ1) is 11.0. The van der Waals surface area contributed by atoms with E-state index in [1.165, 1.54) is 12.1 Å². The van der Waals surface area contributed by atoms with E-state index in [0.29, 0.717) is 11.3 Å². The Morgan fingerprint density at radius 2 is 1.82 bits per heavy atom. The second-order valence-electron chi connectivity index (χ2n) is 3.39. The lowest BCUT2D eigenvalue weighted by Gasteiger charge is -2.08. The number of ether oxygens (including phenoxy) is 1. The number of nitrogen functional groups attached to an aromatic ring is 1. The number of benzene rings is 2. The van der Waals surface area contributed by atoms with Gasteiger partial charge in [0, 0.05) is 0 Å². The molecule has 2 N–H and O–H groups in total. The van der Waals surface area contributed by atoms with Gasteiger partial charge in [-0.3, -0.25) is 0 Å². The van der Waals surface area contributed by atoms with Crippen molar-refractivity contribution in [3.63, 3.8) is 0 Å². The van der Waals surface area contributed by atoms with E-state index in [2.05, 4.69) is 0 Å². The second-order valence-corrected chi connectivity index (χ2v) is 3.39. The summed E-state index contributed by atoms with van der Waals surface area (Å²) >= 11 is 0. The van der Waals surface area contributed by atoms with Gasteiger partial charge in [0.15, 0.2) is 5.75 Å². The lowest BCUT2D eigenvalue weighted by molar-refractivity contribution is 0.480. The summed E-state index contributed by atoms with van der Waals surface area (Å²) in [5.74, 6) is 0.243. The Morgan fingerprint density at radius 3 is 2.47 bits per heavy atom. The maximum absolute atomic E-state index is 13.2. The van der Waals surface area contributed by atoms with E-state index in [-0.39, 0.29) is 11.4 Å². The molecule has 0 heterocycles. The molecule has 0 fully saturated rings. The van der Waals surface area contributed by atoms with Crippen molar-refractivity contribution in [1.29, 1.82) is 5.26 Å². The molecule has 0 unspecified atom stereocenters. The first-order chi connectivity index (χ1) is 8.20. The number of nitrogens with zero attached hydrogens (tertiary/aromatic N) is 1. The van der Waals surface area contributed by atoms with Crippen LogP contribution >= 0.6 is 0 Å². The Balaban J connectivity index is 2.26. The van der Waals surface area contributed by atoms with E-state index in [9.17, 15) is 4.39 Å². The molecule has 2 aromatic carbocycles. The zero-order valence-electron chi connectivity index (χ0n) is 8.85. The summed E-state index contributed by atoms with van der Waals surface area (Å²) < 4.78 is 18.6. The summed E-state index contributed by atoms with van der Waals surface area (Å²) in [5, 5.41) is 8.64. The van der Waals surface area contributed by atoms with E-state index < -0.39 is 5.82 Å². The van der Waals surface area contributed by atoms with Crippen LogP contribution in [0.25, 0.3) is 0 Å². The highest BCUT2D eigenvalue weighted by Crippen LogP contribution is 2.29. The third kappa shape index (κ3) is 2.34. The second kappa shape index (κ2) is 4.54. The fraction of sp³-hybridized carbons (Fsp3) is 0. The fourth-order valence-corrected chi connectivity index (χ4v) is 1.33. The Bertz CT molecular complexity index is 573. The van der Waals surface area contributed by atoms with Gasteiger partial charge in [0.1, 0.15) is 17.3 Å². The van der Waals surface area contributed by atoms with Crippen LogP contribution in [-0.4, -0.2) is 0 Å². The van der Waals surface area contributed by atoms with Gasteiger partial charge in [-0.1, -0.05) is 6.07 Å². The molecule has 0 saturated carbocycles. The summed E-state index contributed by atoms with van der Waals surface area (Å²) in [5.41, 5.74) is 6.04. The highest BCUT2D eigenvalue weighted by Gasteiger charge is 2.06. The van der Waals surface area contributed by atoms with Gasteiger partial charge in [-0.05, 0) is 36.4 Å². The molecule has 2 rings (SSSR count). The van der Waals surface area contributed by atoms with Crippen LogP contribution in [0.2, 0.25) is 0 Å². The third-order valence-corrected chi connectivity index (χ3v) is 2.22. The minimum absolute atomic E-state index is 0.0307. The molecule has 0 aliphatic rings. The molecular formula is C13H9FN2O. The largest absolute Gasteiger partial charge is 0.455 e. The van der Waals surface area contributed by atoms with E-state index in [0.717, 1.165) is 0 Å². The van der Waals surface area contributed by atoms with Crippen LogP contribution in [0.1, 0.15) is 5.56 Å². The highest BCUT2D eigenvalue weighted by atomic mass is 19.1. The van der Waals surface area contributed by atoms with Crippen molar-refractivity contribution in [1.82, 2.24) is 0 Å². The molecule has 3 nitrogen and oxygen atoms in total. The zero-order valence-corrected chi connectivity index (χ0v) is 8.85. The van der Waals surface area contributed by atoms with Crippen LogP contribution in [0.5, 0.6) is 11.5 Å². The van der Waals surface area contributed by atoms with Gasteiger partial charge < -0.3 is 10.5 Å². The molecular weight excluding hydrogens is 219 g/mol. The van der Waals surface area contributed by atoms with Crippen LogP contribution in [-0.2, 0) is 0 Å². The minimum atomic E-state index is -0.517. The Labute approximate surface area is 97.9 Å². The number of rotatable bonds is 2. The maximum Gasteiger partial charge on any atom is 0.153 e. The molecule has 0 aromatic heterocycles. The van der Waals surface area contributed by atoms with Crippen LogP contribution in [0, 0.1) is 17.1 Å². The minimum Gasteiger partial charge on any atom is -0.455 e. The van der Waals surface area contributed by atoms with Crippen LogP contribution in [0.3, 0.4) is 0 Å². The molecule has 0 spiro atoms. The number of nitrogens with two attached hydrogens (primary N) is 1. The standard InChI is InChI=1S/C13H9FN2O/c14-11-2-1-3-12(13(11)16)17-10-6-4-9(8-15)5-7-10/h1-7H,16H2. The number of hydrogen-bond acceptors (Lipinski definition) is 3. The Kier molecular flexibility index (Phi) is 2.93. The summed E-state index contributed by atoms with van der Waals surface area (Å²) in [7, 11) is 0. The van der Waals surface area contributed by atoms with Crippen molar-refractivity contribution in [2.45, 2.75) is 0 Å². The number of halogens is 1. The van der Waals surface area contributed by atoms with Gasteiger partial charge >= 0.3 is 0 Å². The molecule has 4 heteroatoms. The van der Waals surface area contributed by atoms with E-state index in [1.54, 1.807) is 30.3 Å². The molecule has 0 aliphatic heterocycles. The Hall–Kier alpha value is -2.54. The fourth-order valence-electron chi connectivity index (χ4n) is 1.33. The smallest absolute Gasteiger partial charge is 0.153 e. The number of hydrogen-bond donors (Lipinski definition) is 1. The van der Waals surface area contributed by atoms with Gasteiger partial charge in [0.2, 0.25) is 0 Å². The number of para-hydroxylation sites is 1. The van der Waals surface area contributed by atoms with Gasteiger partial charge in [0.25, 0.3) is 0 Å². The van der Waals surface area contributed by atoms with Gasteiger partial charge in [-0.2, -0.15) is 5.26 Å². The van der Waals surface area contributed by atoms with Crippen LogP contribution < -0.4 is 10.5 Å². The van der Waals surface area contributed by atoms with Crippen molar-refractivity contribution in [3.8, 4) is 17.6 Å². The SMILES string of the molecule is N#Cc1ccc(Oc2cccc(F)c2N)cc1. The average molecular weight is 228 g/mol. The van der Waals surface area contributed by atoms with Gasteiger partial charge in [-0.15, -0.1) is 0 Å². The summed E-state index contributed by atoms with van der Waals surface area (Å²) in [6.07, 6.45) is 0. The molecule has 84 valence electrons. The monoisotopic (exact) mass is 228 g/mol.